The molecule has 0 saturated carbocycles. The van der Waals surface area contributed by atoms with E-state index in [1.165, 1.54) is 17.7 Å². The number of rotatable bonds is 6. The Balaban J connectivity index is 1.43. The van der Waals surface area contributed by atoms with Gasteiger partial charge in [0.25, 0.3) is 0 Å². The molecule has 0 unspecified atom stereocenters. The highest BCUT2D eigenvalue weighted by Crippen LogP contribution is 2.33. The van der Waals surface area contributed by atoms with Crippen LogP contribution in [0.2, 0.25) is 0 Å². The first-order valence-corrected chi connectivity index (χ1v) is 11.9. The average Bonchev–Trinajstić information content (AvgIpc) is 3.50. The molecule has 0 bridgehead atoms. The smallest absolute Gasteiger partial charge is 0.234 e. The van der Waals surface area contributed by atoms with Crippen LogP contribution in [-0.2, 0) is 0 Å². The Labute approximate surface area is 181 Å². The molecule has 1 N–H and O–H groups in total. The van der Waals surface area contributed by atoms with Crippen LogP contribution in [0.5, 0.6) is 0 Å². The van der Waals surface area contributed by atoms with Crippen molar-refractivity contribution in [2.24, 2.45) is 0 Å². The van der Waals surface area contributed by atoms with Crippen LogP contribution in [0.4, 0.5) is 17.0 Å². The summed E-state index contributed by atoms with van der Waals surface area (Å²) in [5.74, 6) is 1.26. The summed E-state index contributed by atoms with van der Waals surface area (Å²) in [7, 11) is 0. The van der Waals surface area contributed by atoms with Crippen LogP contribution in [0, 0.1) is 0 Å². The molecule has 0 radical (unpaired) electrons. The summed E-state index contributed by atoms with van der Waals surface area (Å²) in [4.78, 5) is 24.2. The molecule has 0 atom stereocenters. The van der Waals surface area contributed by atoms with Crippen LogP contribution in [-0.4, -0.2) is 33.0 Å². The lowest BCUT2D eigenvalue weighted by Gasteiger charge is -2.16. The van der Waals surface area contributed by atoms with Gasteiger partial charge in [-0.2, -0.15) is 15.0 Å². The first kappa shape index (κ1) is 18.5. The maximum Gasteiger partial charge on any atom is 0.234 e. The molecule has 4 heterocycles. The van der Waals surface area contributed by atoms with Gasteiger partial charge in [-0.25, -0.2) is 4.98 Å². The lowest BCUT2D eigenvalue weighted by Crippen LogP contribution is -2.21. The highest BCUT2D eigenvalue weighted by molar-refractivity contribution is 7.99. The summed E-state index contributed by atoms with van der Waals surface area (Å²) >= 11 is 4.86. The van der Waals surface area contributed by atoms with Gasteiger partial charge in [0.15, 0.2) is 10.3 Å². The first-order chi connectivity index (χ1) is 14.3. The molecule has 0 spiro atoms. The van der Waals surface area contributed by atoms with E-state index in [4.69, 9.17) is 4.98 Å². The zero-order valence-electron chi connectivity index (χ0n) is 15.5. The molecule has 29 heavy (non-hydrogen) atoms. The van der Waals surface area contributed by atoms with E-state index in [0.29, 0.717) is 11.1 Å². The molecule has 1 aliphatic rings. The third-order valence-corrected chi connectivity index (χ3v) is 7.28. The van der Waals surface area contributed by atoms with Crippen LogP contribution >= 0.6 is 34.4 Å². The van der Waals surface area contributed by atoms with E-state index >= 15 is 0 Å². The summed E-state index contributed by atoms with van der Waals surface area (Å²) in [5, 5.41) is 6.83. The summed E-state index contributed by atoms with van der Waals surface area (Å²) in [5.41, 5.74) is 0. The van der Waals surface area contributed by atoms with Gasteiger partial charge in [-0.05, 0) is 48.2 Å². The van der Waals surface area contributed by atoms with Gasteiger partial charge in [0.05, 0.1) is 4.88 Å². The van der Waals surface area contributed by atoms with Crippen LogP contribution in [0.3, 0.4) is 0 Å². The Kier molecular flexibility index (Phi) is 5.42. The number of aromatic nitrogens is 4. The van der Waals surface area contributed by atoms with Gasteiger partial charge in [-0.15, -0.1) is 11.3 Å². The number of benzene rings is 1. The second-order valence-corrected chi connectivity index (χ2v) is 9.50. The standard InChI is InChI=1S/C20H18N6S3/c1-2-7-14(8-3-1)28-20-24-17(22-18(25-20)26-10-4-5-11-26)23-19-21-13-16(29-19)15-9-6-12-27-15/h1-3,6-9,12-13H,4-5,10-11H2,(H,21,22,23,24,25). The monoisotopic (exact) mass is 438 g/mol. The van der Waals surface area contributed by atoms with Crippen LogP contribution < -0.4 is 10.2 Å². The molecule has 9 heteroatoms. The number of hydrogen-bond donors (Lipinski definition) is 1. The number of thiophene rings is 1. The zero-order valence-corrected chi connectivity index (χ0v) is 17.9. The molecule has 6 nitrogen and oxygen atoms in total. The Morgan fingerprint density at radius 3 is 2.59 bits per heavy atom. The van der Waals surface area contributed by atoms with Crippen molar-refractivity contribution in [3.63, 3.8) is 0 Å². The fraction of sp³-hybridized carbons (Fsp3) is 0.200. The molecule has 3 aromatic heterocycles. The van der Waals surface area contributed by atoms with Gasteiger partial charge in [0, 0.05) is 29.1 Å². The van der Waals surface area contributed by atoms with Crippen LogP contribution in [0.15, 0.2) is 64.1 Å². The quantitative estimate of drug-likeness (QED) is 0.423. The van der Waals surface area contributed by atoms with Gasteiger partial charge in [-0.1, -0.05) is 35.6 Å². The minimum absolute atomic E-state index is 0.535. The largest absolute Gasteiger partial charge is 0.341 e. The highest BCUT2D eigenvalue weighted by atomic mass is 32.2. The van der Waals surface area contributed by atoms with E-state index in [-0.39, 0.29) is 0 Å². The summed E-state index contributed by atoms with van der Waals surface area (Å²) in [6.45, 7) is 1.97. The van der Waals surface area contributed by atoms with Crippen LogP contribution in [0.25, 0.3) is 9.75 Å². The SMILES string of the molecule is c1ccc(Sc2nc(Nc3ncc(-c4cccs4)s3)nc(N3CCCC3)n2)cc1. The molecule has 146 valence electrons. The van der Waals surface area contributed by atoms with E-state index in [9.17, 15) is 0 Å². The molecular formula is C20H18N6S3. The van der Waals surface area contributed by atoms with Crippen molar-refractivity contribution in [2.75, 3.05) is 23.3 Å². The maximum absolute atomic E-state index is 4.71. The summed E-state index contributed by atoms with van der Waals surface area (Å²) in [6, 6.07) is 14.3. The topological polar surface area (TPSA) is 66.8 Å². The maximum atomic E-state index is 4.71. The lowest BCUT2D eigenvalue weighted by atomic mass is 10.4. The normalized spacial score (nSPS) is 13.7. The van der Waals surface area contributed by atoms with E-state index < -0.39 is 0 Å². The number of nitrogens with zero attached hydrogens (tertiary/aromatic N) is 5. The minimum Gasteiger partial charge on any atom is -0.341 e. The Morgan fingerprint density at radius 1 is 0.931 bits per heavy atom. The number of anilines is 3. The lowest BCUT2D eigenvalue weighted by molar-refractivity contribution is 0.831. The predicted molar refractivity (Wildman–Crippen MR) is 121 cm³/mol. The Bertz CT molecular complexity index is 1070. The third kappa shape index (κ3) is 4.42. The van der Waals surface area contributed by atoms with Gasteiger partial charge < -0.3 is 4.90 Å². The fourth-order valence-corrected chi connectivity index (χ4v) is 5.45. The number of nitrogens with one attached hydrogen (secondary N) is 1. The molecule has 1 saturated heterocycles. The van der Waals surface area contributed by atoms with Crippen molar-refractivity contribution in [2.45, 2.75) is 22.9 Å². The van der Waals surface area contributed by atoms with E-state index in [2.05, 4.69) is 48.7 Å². The minimum atomic E-state index is 0.535. The molecule has 5 rings (SSSR count). The Hall–Kier alpha value is -2.49. The molecule has 0 aliphatic carbocycles. The van der Waals surface area contributed by atoms with Crippen LogP contribution in [0.1, 0.15) is 12.8 Å². The molecule has 0 amide bonds. The number of thiazole rings is 1. The van der Waals surface area contributed by atoms with E-state index in [1.54, 1.807) is 34.4 Å². The van der Waals surface area contributed by atoms with Gasteiger partial charge in [0.1, 0.15) is 0 Å². The molecule has 1 fully saturated rings. The van der Waals surface area contributed by atoms with Gasteiger partial charge in [-0.3, -0.25) is 5.32 Å². The van der Waals surface area contributed by atoms with Crippen molar-refractivity contribution in [1.29, 1.82) is 0 Å². The first-order valence-electron chi connectivity index (χ1n) is 9.34. The van der Waals surface area contributed by atoms with E-state index in [0.717, 1.165) is 33.9 Å². The highest BCUT2D eigenvalue weighted by Gasteiger charge is 2.18. The molecular weight excluding hydrogens is 420 g/mol. The summed E-state index contributed by atoms with van der Waals surface area (Å²) in [6.07, 6.45) is 4.24. The van der Waals surface area contributed by atoms with Crippen molar-refractivity contribution in [1.82, 2.24) is 19.9 Å². The molecule has 4 aromatic rings. The van der Waals surface area contributed by atoms with Gasteiger partial charge >= 0.3 is 0 Å². The Morgan fingerprint density at radius 2 is 1.79 bits per heavy atom. The predicted octanol–water partition coefficient (Wildman–Crippen LogP) is 5.55. The molecule has 1 aliphatic heterocycles. The second-order valence-electron chi connectivity index (χ2n) is 6.48. The molecule has 1 aromatic carbocycles. The van der Waals surface area contributed by atoms with E-state index in [1.807, 2.05) is 30.5 Å². The fourth-order valence-electron chi connectivity index (χ4n) is 3.06. The zero-order chi connectivity index (χ0) is 19.5. The van der Waals surface area contributed by atoms with Crippen molar-refractivity contribution in [3.8, 4) is 9.75 Å². The summed E-state index contributed by atoms with van der Waals surface area (Å²) < 4.78 is 0. The van der Waals surface area contributed by atoms with Crippen molar-refractivity contribution >= 4 is 51.5 Å². The second kappa shape index (κ2) is 8.48. The third-order valence-electron chi connectivity index (χ3n) is 4.43. The van der Waals surface area contributed by atoms with Crippen molar-refractivity contribution in [3.05, 3.63) is 54.0 Å². The van der Waals surface area contributed by atoms with Gasteiger partial charge in [0.2, 0.25) is 11.9 Å². The number of hydrogen-bond acceptors (Lipinski definition) is 9. The average molecular weight is 439 g/mol. The van der Waals surface area contributed by atoms with Crippen molar-refractivity contribution < 1.29 is 0 Å².